The molecule has 0 aromatic heterocycles. The van der Waals surface area contributed by atoms with Crippen molar-refractivity contribution in [2.45, 2.75) is 57.7 Å². The van der Waals surface area contributed by atoms with Gasteiger partial charge in [-0.15, -0.1) is 0 Å². The fourth-order valence-electron chi connectivity index (χ4n) is 4.50. The van der Waals surface area contributed by atoms with Gasteiger partial charge in [-0.1, -0.05) is 48.0 Å². The number of benzene rings is 2. The van der Waals surface area contributed by atoms with E-state index in [0.717, 1.165) is 24.0 Å². The number of hydrogen-bond donors (Lipinski definition) is 3. The molecule has 0 saturated carbocycles. The van der Waals surface area contributed by atoms with Crippen LogP contribution < -0.4 is 10.6 Å². The third kappa shape index (κ3) is 8.10. The number of carbonyl (C=O) groups is 3. The Morgan fingerprint density at radius 3 is 2.62 bits per heavy atom. The van der Waals surface area contributed by atoms with Crippen molar-refractivity contribution >= 4 is 29.4 Å². The van der Waals surface area contributed by atoms with Gasteiger partial charge in [0.2, 0.25) is 5.91 Å². The number of esters is 1. The fourth-order valence-corrected chi connectivity index (χ4v) is 4.69. The van der Waals surface area contributed by atoms with Gasteiger partial charge in [-0.2, -0.15) is 0 Å². The summed E-state index contributed by atoms with van der Waals surface area (Å²) in [7, 11) is 0. The van der Waals surface area contributed by atoms with E-state index in [9.17, 15) is 19.5 Å². The maximum Gasteiger partial charge on any atom is 0.307 e. The van der Waals surface area contributed by atoms with E-state index in [1.807, 2.05) is 23.1 Å². The minimum absolute atomic E-state index is 0.218. The van der Waals surface area contributed by atoms with Crippen LogP contribution in [0.25, 0.3) is 0 Å². The molecule has 0 radical (unpaired) electrons. The number of likely N-dealkylation sites (tertiary alicyclic amines) is 1. The molecule has 1 saturated heterocycles. The van der Waals surface area contributed by atoms with Crippen LogP contribution in [0, 0.1) is 0 Å². The van der Waals surface area contributed by atoms with E-state index in [0.29, 0.717) is 56.2 Å². The lowest BCUT2D eigenvalue weighted by atomic mass is 9.95. The zero-order valence-electron chi connectivity index (χ0n) is 21.5. The first kappa shape index (κ1) is 28.8. The molecule has 1 heterocycles. The van der Waals surface area contributed by atoms with Crippen molar-refractivity contribution in [2.24, 2.45) is 0 Å². The van der Waals surface area contributed by atoms with Gasteiger partial charge in [-0.3, -0.25) is 24.6 Å². The zero-order chi connectivity index (χ0) is 26.8. The first-order valence-electron chi connectivity index (χ1n) is 12.7. The van der Waals surface area contributed by atoms with Crippen LogP contribution in [0.1, 0.15) is 49.8 Å². The van der Waals surface area contributed by atoms with Gasteiger partial charge in [0, 0.05) is 18.1 Å². The highest BCUT2D eigenvalue weighted by atomic mass is 35.5. The molecule has 1 fully saturated rings. The van der Waals surface area contributed by atoms with Crippen LogP contribution in [0.5, 0.6) is 0 Å². The second-order valence-electron chi connectivity index (χ2n) is 9.35. The Morgan fingerprint density at radius 2 is 1.89 bits per heavy atom. The van der Waals surface area contributed by atoms with Crippen molar-refractivity contribution in [1.82, 2.24) is 15.5 Å². The highest BCUT2D eigenvalue weighted by Gasteiger charge is 2.37. The monoisotopic (exact) mass is 529 g/mol. The molecule has 0 spiro atoms. The number of nitrogens with one attached hydrogen (secondary N) is 2. The van der Waals surface area contributed by atoms with E-state index < -0.39 is 23.5 Å². The minimum atomic E-state index is -1.82. The van der Waals surface area contributed by atoms with Crippen LogP contribution in [0.2, 0.25) is 5.02 Å². The maximum atomic E-state index is 13.1. The van der Waals surface area contributed by atoms with E-state index in [4.69, 9.17) is 16.3 Å². The van der Waals surface area contributed by atoms with Crippen molar-refractivity contribution < 1.29 is 24.2 Å². The summed E-state index contributed by atoms with van der Waals surface area (Å²) in [5, 5.41) is 17.1. The summed E-state index contributed by atoms with van der Waals surface area (Å²) in [5.74, 6) is -1.37. The van der Waals surface area contributed by atoms with Gasteiger partial charge in [0.05, 0.1) is 19.1 Å². The number of imide groups is 1. The summed E-state index contributed by atoms with van der Waals surface area (Å²) in [6, 6.07) is 13.8. The number of aliphatic hydroxyl groups is 1. The van der Waals surface area contributed by atoms with E-state index >= 15 is 0 Å². The molecule has 3 rings (SSSR count). The molecular weight excluding hydrogens is 494 g/mol. The summed E-state index contributed by atoms with van der Waals surface area (Å²) in [6.45, 7) is 6.00. The Kier molecular flexibility index (Phi) is 10.6. The number of hydrogen-bond acceptors (Lipinski definition) is 7. The average Bonchev–Trinajstić information content (AvgIpc) is 3.34. The van der Waals surface area contributed by atoms with E-state index in [2.05, 4.69) is 10.6 Å². The molecule has 2 atom stereocenters. The van der Waals surface area contributed by atoms with Crippen LogP contribution in [0.15, 0.2) is 48.5 Å². The molecule has 2 aromatic carbocycles. The molecule has 0 unspecified atom stereocenters. The van der Waals surface area contributed by atoms with Gasteiger partial charge in [0.1, 0.15) is 0 Å². The molecular formula is C28H36ClN3O5. The molecule has 2 aromatic rings. The lowest BCUT2D eigenvalue weighted by Crippen LogP contribution is -2.50. The van der Waals surface area contributed by atoms with Crippen LogP contribution >= 0.6 is 11.6 Å². The summed E-state index contributed by atoms with van der Waals surface area (Å²) in [5.41, 5.74) is 0.716. The van der Waals surface area contributed by atoms with E-state index in [-0.39, 0.29) is 5.97 Å². The third-order valence-corrected chi connectivity index (χ3v) is 6.84. The third-order valence-electron chi connectivity index (χ3n) is 6.61. The first-order valence-corrected chi connectivity index (χ1v) is 13.1. The van der Waals surface area contributed by atoms with Gasteiger partial charge in [-0.25, -0.2) is 0 Å². The molecule has 0 bridgehead atoms. The normalized spacial score (nSPS) is 17.2. The van der Waals surface area contributed by atoms with E-state index in [1.54, 1.807) is 37.3 Å². The number of rotatable bonds is 12. The van der Waals surface area contributed by atoms with Crippen molar-refractivity contribution in [1.29, 1.82) is 0 Å². The highest BCUT2D eigenvalue weighted by molar-refractivity contribution is 6.30. The van der Waals surface area contributed by atoms with Crippen molar-refractivity contribution in [3.63, 3.8) is 0 Å². The van der Waals surface area contributed by atoms with Crippen LogP contribution in [0.4, 0.5) is 0 Å². The SMILES string of the molecule is CCOC(=O)CCNCCc1ccc(Cl)cc1CN1CCC[C@H]1C(=O)NC(=O)[C@](C)(O)c1ccccc1. The Bertz CT molecular complexity index is 1080. The van der Waals surface area contributed by atoms with Crippen molar-refractivity contribution in [3.8, 4) is 0 Å². The number of halogens is 1. The molecule has 3 N–H and O–H groups in total. The Balaban J connectivity index is 1.59. The second kappa shape index (κ2) is 13.7. The Hall–Kier alpha value is -2.78. The van der Waals surface area contributed by atoms with Gasteiger partial charge < -0.3 is 15.2 Å². The molecule has 200 valence electrons. The fraction of sp³-hybridized carbons (Fsp3) is 0.464. The summed E-state index contributed by atoms with van der Waals surface area (Å²) >= 11 is 6.29. The maximum absolute atomic E-state index is 13.1. The van der Waals surface area contributed by atoms with Crippen molar-refractivity contribution in [2.75, 3.05) is 26.2 Å². The second-order valence-corrected chi connectivity index (χ2v) is 9.79. The van der Waals surface area contributed by atoms with Crippen LogP contribution in [-0.2, 0) is 37.7 Å². The quantitative estimate of drug-likeness (QED) is 0.286. The highest BCUT2D eigenvalue weighted by Crippen LogP contribution is 2.25. The Morgan fingerprint density at radius 1 is 1.14 bits per heavy atom. The van der Waals surface area contributed by atoms with Gasteiger partial charge in [0.15, 0.2) is 5.60 Å². The first-order chi connectivity index (χ1) is 17.7. The molecule has 2 amide bonds. The Labute approximate surface area is 223 Å². The largest absolute Gasteiger partial charge is 0.466 e. The zero-order valence-corrected chi connectivity index (χ0v) is 22.2. The number of amides is 2. The van der Waals surface area contributed by atoms with Gasteiger partial charge in [-0.05, 0) is 75.0 Å². The predicted octanol–water partition coefficient (Wildman–Crippen LogP) is 2.94. The predicted molar refractivity (Wildman–Crippen MR) is 142 cm³/mol. The molecule has 37 heavy (non-hydrogen) atoms. The number of ether oxygens (including phenoxy) is 1. The van der Waals surface area contributed by atoms with Gasteiger partial charge in [0.25, 0.3) is 5.91 Å². The molecule has 9 heteroatoms. The van der Waals surface area contributed by atoms with Gasteiger partial charge >= 0.3 is 5.97 Å². The number of carbonyl (C=O) groups excluding carboxylic acids is 3. The van der Waals surface area contributed by atoms with E-state index in [1.165, 1.54) is 6.92 Å². The molecule has 1 aliphatic rings. The topological polar surface area (TPSA) is 108 Å². The molecule has 8 nitrogen and oxygen atoms in total. The minimum Gasteiger partial charge on any atom is -0.466 e. The summed E-state index contributed by atoms with van der Waals surface area (Å²) in [4.78, 5) is 39.4. The molecule has 1 aliphatic heterocycles. The lowest BCUT2D eigenvalue weighted by molar-refractivity contribution is -0.145. The van der Waals surface area contributed by atoms with Crippen molar-refractivity contribution in [3.05, 3.63) is 70.2 Å². The van der Waals surface area contributed by atoms with Crippen LogP contribution in [-0.4, -0.2) is 60.1 Å². The lowest BCUT2D eigenvalue weighted by Gasteiger charge is -2.27. The summed E-state index contributed by atoms with van der Waals surface area (Å²) < 4.78 is 4.94. The standard InChI is InChI=1S/C28H36ClN3O5/c1-3-37-25(33)14-16-30-15-13-20-11-12-23(29)18-21(20)19-32-17-7-10-24(32)26(34)31-27(35)28(2,36)22-8-5-4-6-9-22/h4-6,8-9,11-12,18,24,30,36H,3,7,10,13-17,19H2,1-2H3,(H,31,34,35)/t24-,28+/m0/s1. The smallest absolute Gasteiger partial charge is 0.307 e. The molecule has 0 aliphatic carbocycles. The average molecular weight is 530 g/mol. The number of nitrogens with zero attached hydrogens (tertiary/aromatic N) is 1. The van der Waals surface area contributed by atoms with Crippen LogP contribution in [0.3, 0.4) is 0 Å². The summed E-state index contributed by atoms with van der Waals surface area (Å²) in [6.07, 6.45) is 2.50.